The van der Waals surface area contributed by atoms with Crippen molar-refractivity contribution >= 4 is 11.6 Å². The molecule has 0 bridgehead atoms. The SMILES string of the molecule is COc1ccc(Cl)cc1COc1ccc(CO)nc1. The predicted octanol–water partition coefficient (Wildman–Crippen LogP) is 2.81. The first-order valence-corrected chi connectivity index (χ1v) is 6.11. The summed E-state index contributed by atoms with van der Waals surface area (Å²) in [6.07, 6.45) is 1.57. The van der Waals surface area contributed by atoms with Crippen LogP contribution in [0.15, 0.2) is 36.5 Å². The van der Waals surface area contributed by atoms with Crippen LogP contribution in [0.4, 0.5) is 0 Å². The van der Waals surface area contributed by atoms with Gasteiger partial charge in [-0.25, -0.2) is 0 Å². The molecule has 2 aromatic rings. The van der Waals surface area contributed by atoms with Crippen molar-refractivity contribution in [3.8, 4) is 11.5 Å². The molecule has 100 valence electrons. The van der Waals surface area contributed by atoms with Crippen molar-refractivity contribution in [2.24, 2.45) is 0 Å². The molecule has 0 saturated carbocycles. The molecule has 0 atom stereocenters. The van der Waals surface area contributed by atoms with Crippen molar-refractivity contribution in [2.45, 2.75) is 13.2 Å². The lowest BCUT2D eigenvalue weighted by molar-refractivity contribution is 0.274. The molecule has 0 aliphatic carbocycles. The third-order valence-electron chi connectivity index (χ3n) is 2.60. The average Bonchev–Trinajstić information content (AvgIpc) is 2.46. The van der Waals surface area contributed by atoms with Gasteiger partial charge in [-0.3, -0.25) is 4.98 Å². The quantitative estimate of drug-likeness (QED) is 0.914. The number of aliphatic hydroxyl groups is 1. The van der Waals surface area contributed by atoms with E-state index in [1.165, 1.54) is 0 Å². The minimum absolute atomic E-state index is 0.0810. The van der Waals surface area contributed by atoms with Crippen LogP contribution in [0.25, 0.3) is 0 Å². The van der Waals surface area contributed by atoms with Crippen LogP contribution in [0.2, 0.25) is 5.02 Å². The van der Waals surface area contributed by atoms with Crippen LogP contribution in [0, 0.1) is 0 Å². The second-order valence-electron chi connectivity index (χ2n) is 3.89. The van der Waals surface area contributed by atoms with Crippen LogP contribution in [-0.2, 0) is 13.2 Å². The van der Waals surface area contributed by atoms with E-state index in [2.05, 4.69) is 4.98 Å². The lowest BCUT2D eigenvalue weighted by Crippen LogP contribution is -1.99. The van der Waals surface area contributed by atoms with Gasteiger partial charge in [-0.05, 0) is 30.3 Å². The van der Waals surface area contributed by atoms with Crippen LogP contribution < -0.4 is 9.47 Å². The third kappa shape index (κ3) is 3.59. The van der Waals surface area contributed by atoms with Crippen molar-refractivity contribution in [2.75, 3.05) is 7.11 Å². The van der Waals surface area contributed by atoms with Gasteiger partial charge in [0.15, 0.2) is 0 Å². The largest absolute Gasteiger partial charge is 0.496 e. The maximum absolute atomic E-state index is 8.90. The lowest BCUT2D eigenvalue weighted by Gasteiger charge is -2.10. The van der Waals surface area contributed by atoms with E-state index in [1.807, 2.05) is 0 Å². The normalized spacial score (nSPS) is 10.3. The van der Waals surface area contributed by atoms with Crippen molar-refractivity contribution in [3.05, 3.63) is 52.8 Å². The van der Waals surface area contributed by atoms with Gasteiger partial charge in [0, 0.05) is 10.6 Å². The highest BCUT2D eigenvalue weighted by Crippen LogP contribution is 2.24. The Hall–Kier alpha value is -1.78. The van der Waals surface area contributed by atoms with E-state index >= 15 is 0 Å². The predicted molar refractivity (Wildman–Crippen MR) is 72.5 cm³/mol. The maximum Gasteiger partial charge on any atom is 0.138 e. The summed E-state index contributed by atoms with van der Waals surface area (Å²) in [5, 5.41) is 9.53. The molecule has 0 saturated heterocycles. The van der Waals surface area contributed by atoms with Crippen LogP contribution in [0.3, 0.4) is 0 Å². The number of ether oxygens (including phenoxy) is 2. The molecule has 2 rings (SSSR count). The van der Waals surface area contributed by atoms with Gasteiger partial charge in [0.05, 0.1) is 25.6 Å². The number of nitrogens with zero attached hydrogens (tertiary/aromatic N) is 1. The van der Waals surface area contributed by atoms with E-state index in [9.17, 15) is 0 Å². The fourth-order valence-electron chi connectivity index (χ4n) is 1.61. The third-order valence-corrected chi connectivity index (χ3v) is 2.83. The van der Waals surface area contributed by atoms with E-state index < -0.39 is 0 Å². The summed E-state index contributed by atoms with van der Waals surface area (Å²) in [5.41, 5.74) is 1.47. The van der Waals surface area contributed by atoms with E-state index in [1.54, 1.807) is 43.6 Å². The highest BCUT2D eigenvalue weighted by Gasteiger charge is 2.05. The molecule has 0 amide bonds. The highest BCUT2D eigenvalue weighted by molar-refractivity contribution is 6.30. The average molecular weight is 280 g/mol. The number of hydrogen-bond donors (Lipinski definition) is 1. The molecule has 0 unspecified atom stereocenters. The summed E-state index contributed by atoms with van der Waals surface area (Å²) in [7, 11) is 1.60. The van der Waals surface area contributed by atoms with Crippen molar-refractivity contribution in [1.82, 2.24) is 4.98 Å². The number of rotatable bonds is 5. The molecule has 0 spiro atoms. The second-order valence-corrected chi connectivity index (χ2v) is 4.32. The molecule has 19 heavy (non-hydrogen) atoms. The van der Waals surface area contributed by atoms with Gasteiger partial charge in [0.2, 0.25) is 0 Å². The molecule has 0 aliphatic heterocycles. The fourth-order valence-corrected chi connectivity index (χ4v) is 1.81. The Morgan fingerprint density at radius 1 is 1.26 bits per heavy atom. The van der Waals surface area contributed by atoms with Crippen LogP contribution in [-0.4, -0.2) is 17.2 Å². The molecular weight excluding hydrogens is 266 g/mol. The molecule has 5 heteroatoms. The smallest absolute Gasteiger partial charge is 0.138 e. The van der Waals surface area contributed by atoms with Gasteiger partial charge in [-0.15, -0.1) is 0 Å². The van der Waals surface area contributed by atoms with Gasteiger partial charge in [0.25, 0.3) is 0 Å². The Bertz CT molecular complexity index is 543. The van der Waals surface area contributed by atoms with Crippen LogP contribution in [0.1, 0.15) is 11.3 Å². The lowest BCUT2D eigenvalue weighted by atomic mass is 10.2. The fraction of sp³-hybridized carbons (Fsp3) is 0.214. The summed E-state index contributed by atoms with van der Waals surface area (Å²) in [5.74, 6) is 1.35. The maximum atomic E-state index is 8.90. The summed E-state index contributed by atoms with van der Waals surface area (Å²) >= 11 is 5.94. The standard InChI is InChI=1S/C14H14ClNO3/c1-18-14-5-2-11(15)6-10(14)9-19-13-4-3-12(8-17)16-7-13/h2-7,17H,8-9H2,1H3. The molecule has 1 heterocycles. The number of methoxy groups -OCH3 is 1. The van der Waals surface area contributed by atoms with Crippen LogP contribution >= 0.6 is 11.6 Å². The Labute approximate surface area is 116 Å². The summed E-state index contributed by atoms with van der Waals surface area (Å²) in [6, 6.07) is 8.84. The van der Waals surface area contributed by atoms with E-state index in [0.717, 1.165) is 11.3 Å². The molecule has 0 aliphatic rings. The van der Waals surface area contributed by atoms with Gasteiger partial charge < -0.3 is 14.6 Å². The van der Waals surface area contributed by atoms with Gasteiger partial charge >= 0.3 is 0 Å². The van der Waals surface area contributed by atoms with Gasteiger partial charge in [0.1, 0.15) is 18.1 Å². The summed E-state index contributed by atoms with van der Waals surface area (Å²) in [4.78, 5) is 4.04. The zero-order valence-electron chi connectivity index (χ0n) is 10.5. The minimum atomic E-state index is -0.0810. The number of benzene rings is 1. The molecule has 0 fully saturated rings. The number of pyridine rings is 1. The van der Waals surface area contributed by atoms with Crippen molar-refractivity contribution in [3.63, 3.8) is 0 Å². The minimum Gasteiger partial charge on any atom is -0.496 e. The van der Waals surface area contributed by atoms with Crippen molar-refractivity contribution in [1.29, 1.82) is 0 Å². The van der Waals surface area contributed by atoms with E-state index in [4.69, 9.17) is 26.2 Å². The van der Waals surface area contributed by atoms with E-state index in [-0.39, 0.29) is 6.61 Å². The molecule has 4 nitrogen and oxygen atoms in total. The summed E-state index contributed by atoms with van der Waals surface area (Å²) in [6.45, 7) is 0.256. The van der Waals surface area contributed by atoms with Gasteiger partial charge in [-0.2, -0.15) is 0 Å². The Balaban J connectivity index is 2.07. The first-order chi connectivity index (χ1) is 9.22. The molecular formula is C14H14ClNO3. The molecule has 0 radical (unpaired) electrons. The van der Waals surface area contributed by atoms with Crippen LogP contribution in [0.5, 0.6) is 11.5 Å². The number of aliphatic hydroxyl groups excluding tert-OH is 1. The first-order valence-electron chi connectivity index (χ1n) is 5.74. The Morgan fingerprint density at radius 2 is 2.11 bits per heavy atom. The van der Waals surface area contributed by atoms with Gasteiger partial charge in [-0.1, -0.05) is 11.6 Å². The summed E-state index contributed by atoms with van der Waals surface area (Å²) < 4.78 is 10.8. The topological polar surface area (TPSA) is 51.6 Å². The first kappa shape index (κ1) is 13.6. The second kappa shape index (κ2) is 6.41. The number of halogens is 1. The van der Waals surface area contributed by atoms with Crippen molar-refractivity contribution < 1.29 is 14.6 Å². The Kier molecular flexibility index (Phi) is 4.60. The molecule has 1 aromatic carbocycles. The number of aromatic nitrogens is 1. The zero-order chi connectivity index (χ0) is 13.7. The monoisotopic (exact) mass is 279 g/mol. The van der Waals surface area contributed by atoms with E-state index in [0.29, 0.717) is 23.1 Å². The molecule has 1 N–H and O–H groups in total. The number of hydrogen-bond acceptors (Lipinski definition) is 4. The zero-order valence-corrected chi connectivity index (χ0v) is 11.2. The molecule has 1 aromatic heterocycles. The Morgan fingerprint density at radius 3 is 2.74 bits per heavy atom. The highest BCUT2D eigenvalue weighted by atomic mass is 35.5.